The Morgan fingerprint density at radius 1 is 1.38 bits per heavy atom. The van der Waals surface area contributed by atoms with Gasteiger partial charge in [0, 0.05) is 37.4 Å². The van der Waals surface area contributed by atoms with Gasteiger partial charge in [0.05, 0.1) is 0 Å². The lowest BCUT2D eigenvalue weighted by atomic mass is 9.94. The number of nitrogens with zero attached hydrogens (tertiary/aromatic N) is 3. The van der Waals surface area contributed by atoms with Crippen molar-refractivity contribution in [3.63, 3.8) is 0 Å². The van der Waals surface area contributed by atoms with Crippen LogP contribution >= 0.6 is 0 Å². The number of hydrogen-bond donors (Lipinski definition) is 1. The molecule has 5 heteroatoms. The number of likely N-dealkylation sites (tertiary alicyclic amines) is 1. The highest BCUT2D eigenvalue weighted by atomic mass is 16.2. The standard InChI is InChI=1S/C16H26N4O/c1-12-18-7-9-19(12)11-14-5-3-8-20(14)16(21)15-6-2-4-13(15)10-17/h7,9,13-15H,2-6,8,10-11,17H2,1H3/t13-,14?,15-/m1/s1. The largest absolute Gasteiger partial charge is 0.338 e. The monoisotopic (exact) mass is 290 g/mol. The van der Waals surface area contributed by atoms with Crippen LogP contribution in [0.1, 0.15) is 37.9 Å². The van der Waals surface area contributed by atoms with Crippen molar-refractivity contribution in [1.82, 2.24) is 14.5 Å². The van der Waals surface area contributed by atoms with Crippen LogP contribution in [0.5, 0.6) is 0 Å². The molecule has 1 aromatic heterocycles. The predicted octanol–water partition coefficient (Wildman–Crippen LogP) is 1.56. The van der Waals surface area contributed by atoms with Crippen LogP contribution in [-0.2, 0) is 11.3 Å². The van der Waals surface area contributed by atoms with Crippen molar-refractivity contribution in [3.8, 4) is 0 Å². The van der Waals surface area contributed by atoms with Crippen LogP contribution in [-0.4, -0.2) is 39.5 Å². The molecule has 1 saturated heterocycles. The van der Waals surface area contributed by atoms with Crippen molar-refractivity contribution >= 4 is 5.91 Å². The van der Waals surface area contributed by atoms with Gasteiger partial charge in [0.2, 0.25) is 5.91 Å². The zero-order chi connectivity index (χ0) is 14.8. The van der Waals surface area contributed by atoms with E-state index < -0.39 is 0 Å². The summed E-state index contributed by atoms with van der Waals surface area (Å²) in [4.78, 5) is 19.3. The van der Waals surface area contributed by atoms with Gasteiger partial charge in [-0.1, -0.05) is 6.42 Å². The molecule has 1 aliphatic heterocycles. The summed E-state index contributed by atoms with van der Waals surface area (Å²) in [6, 6.07) is 0.324. The molecule has 0 aromatic carbocycles. The highest BCUT2D eigenvalue weighted by Crippen LogP contribution is 2.34. The Bertz CT molecular complexity index is 498. The van der Waals surface area contributed by atoms with Gasteiger partial charge in [-0.15, -0.1) is 0 Å². The Labute approximate surface area is 126 Å². The average molecular weight is 290 g/mol. The fourth-order valence-electron chi connectivity index (χ4n) is 4.00. The summed E-state index contributed by atoms with van der Waals surface area (Å²) < 4.78 is 2.16. The molecule has 0 spiro atoms. The first-order valence-corrected chi connectivity index (χ1v) is 8.19. The molecular formula is C16H26N4O. The number of hydrogen-bond acceptors (Lipinski definition) is 3. The van der Waals surface area contributed by atoms with Crippen molar-refractivity contribution in [1.29, 1.82) is 0 Å². The molecule has 2 fully saturated rings. The number of imidazole rings is 1. The highest BCUT2D eigenvalue weighted by Gasteiger charge is 2.38. The molecule has 1 aliphatic carbocycles. The normalized spacial score (nSPS) is 29.2. The molecule has 2 aliphatic rings. The number of nitrogens with two attached hydrogens (primary N) is 1. The maximum atomic E-state index is 12.9. The first-order chi connectivity index (χ1) is 10.2. The second-order valence-corrected chi connectivity index (χ2v) is 6.49. The fourth-order valence-corrected chi connectivity index (χ4v) is 4.00. The van der Waals surface area contributed by atoms with E-state index >= 15 is 0 Å². The van der Waals surface area contributed by atoms with Crippen LogP contribution < -0.4 is 5.73 Å². The maximum Gasteiger partial charge on any atom is 0.226 e. The van der Waals surface area contributed by atoms with Gasteiger partial charge >= 0.3 is 0 Å². The van der Waals surface area contributed by atoms with Crippen molar-refractivity contribution in [2.45, 2.75) is 51.6 Å². The third-order valence-corrected chi connectivity index (χ3v) is 5.27. The first kappa shape index (κ1) is 14.6. The Morgan fingerprint density at radius 2 is 2.24 bits per heavy atom. The van der Waals surface area contributed by atoms with Crippen molar-refractivity contribution in [2.75, 3.05) is 13.1 Å². The van der Waals surface area contributed by atoms with Crippen LogP contribution in [0, 0.1) is 18.8 Å². The number of amides is 1. The lowest BCUT2D eigenvalue weighted by Gasteiger charge is -2.30. The number of aryl methyl sites for hydroxylation is 1. The Kier molecular flexibility index (Phi) is 4.29. The van der Waals surface area contributed by atoms with Gasteiger partial charge in [0.1, 0.15) is 5.82 Å². The Balaban J connectivity index is 1.69. The molecular weight excluding hydrogens is 264 g/mol. The number of aromatic nitrogens is 2. The molecule has 1 saturated carbocycles. The van der Waals surface area contributed by atoms with E-state index in [1.165, 1.54) is 0 Å². The number of carbonyl (C=O) groups is 1. The van der Waals surface area contributed by atoms with Gasteiger partial charge in [-0.3, -0.25) is 4.79 Å². The van der Waals surface area contributed by atoms with Gasteiger partial charge in [-0.2, -0.15) is 0 Å². The van der Waals surface area contributed by atoms with Crippen LogP contribution in [0.15, 0.2) is 12.4 Å². The van der Waals surface area contributed by atoms with E-state index in [4.69, 9.17) is 5.73 Å². The third-order valence-electron chi connectivity index (χ3n) is 5.27. The van der Waals surface area contributed by atoms with Crippen LogP contribution in [0.25, 0.3) is 0 Å². The van der Waals surface area contributed by atoms with E-state index in [0.717, 1.165) is 51.0 Å². The third kappa shape index (κ3) is 2.84. The van der Waals surface area contributed by atoms with E-state index in [1.807, 2.05) is 19.3 Å². The first-order valence-electron chi connectivity index (χ1n) is 8.19. The van der Waals surface area contributed by atoms with Crippen molar-refractivity contribution in [3.05, 3.63) is 18.2 Å². The molecule has 1 aromatic rings. The fraction of sp³-hybridized carbons (Fsp3) is 0.750. The number of rotatable bonds is 4. The lowest BCUT2D eigenvalue weighted by Crippen LogP contribution is -2.43. The second kappa shape index (κ2) is 6.18. The molecule has 1 unspecified atom stereocenters. The predicted molar refractivity (Wildman–Crippen MR) is 81.6 cm³/mol. The molecule has 3 atom stereocenters. The lowest BCUT2D eigenvalue weighted by molar-refractivity contribution is -0.137. The molecule has 2 N–H and O–H groups in total. The summed E-state index contributed by atoms with van der Waals surface area (Å²) >= 11 is 0. The minimum Gasteiger partial charge on any atom is -0.338 e. The quantitative estimate of drug-likeness (QED) is 0.915. The molecule has 3 rings (SSSR count). The molecule has 0 radical (unpaired) electrons. The van der Waals surface area contributed by atoms with Gasteiger partial charge in [0.15, 0.2) is 0 Å². The van der Waals surface area contributed by atoms with E-state index in [1.54, 1.807) is 0 Å². The zero-order valence-corrected chi connectivity index (χ0v) is 12.9. The zero-order valence-electron chi connectivity index (χ0n) is 12.9. The smallest absolute Gasteiger partial charge is 0.226 e. The minimum absolute atomic E-state index is 0.166. The summed E-state index contributed by atoms with van der Waals surface area (Å²) in [7, 11) is 0. The van der Waals surface area contributed by atoms with E-state index in [0.29, 0.717) is 24.4 Å². The molecule has 5 nitrogen and oxygen atoms in total. The Hall–Kier alpha value is -1.36. The van der Waals surface area contributed by atoms with Crippen LogP contribution in [0.2, 0.25) is 0 Å². The van der Waals surface area contributed by atoms with E-state index in [-0.39, 0.29) is 5.92 Å². The Morgan fingerprint density at radius 3 is 2.95 bits per heavy atom. The van der Waals surface area contributed by atoms with Crippen LogP contribution in [0.3, 0.4) is 0 Å². The average Bonchev–Trinajstić information content (AvgIpc) is 3.20. The second-order valence-electron chi connectivity index (χ2n) is 6.49. The van der Waals surface area contributed by atoms with Gasteiger partial charge < -0.3 is 15.2 Å². The van der Waals surface area contributed by atoms with E-state index in [2.05, 4.69) is 14.5 Å². The SMILES string of the molecule is Cc1nccn1CC1CCCN1C(=O)[C@@H]1CCC[C@@H]1CN. The highest BCUT2D eigenvalue weighted by molar-refractivity contribution is 5.80. The van der Waals surface area contributed by atoms with Gasteiger partial charge in [0.25, 0.3) is 0 Å². The van der Waals surface area contributed by atoms with E-state index in [9.17, 15) is 4.79 Å². The van der Waals surface area contributed by atoms with Crippen LogP contribution in [0.4, 0.5) is 0 Å². The molecule has 21 heavy (non-hydrogen) atoms. The molecule has 0 bridgehead atoms. The van der Waals surface area contributed by atoms with Crippen molar-refractivity contribution in [2.24, 2.45) is 17.6 Å². The van der Waals surface area contributed by atoms with Crippen molar-refractivity contribution < 1.29 is 4.79 Å². The molecule has 116 valence electrons. The minimum atomic E-state index is 0.166. The number of carbonyl (C=O) groups excluding carboxylic acids is 1. The molecule has 2 heterocycles. The summed E-state index contributed by atoms with van der Waals surface area (Å²) in [5, 5.41) is 0. The summed E-state index contributed by atoms with van der Waals surface area (Å²) in [5.74, 6) is 1.94. The van der Waals surface area contributed by atoms with Gasteiger partial charge in [-0.25, -0.2) is 4.98 Å². The summed E-state index contributed by atoms with van der Waals surface area (Å²) in [6.07, 6.45) is 9.34. The van der Waals surface area contributed by atoms with Gasteiger partial charge in [-0.05, 0) is 45.1 Å². The topological polar surface area (TPSA) is 64.2 Å². The maximum absolute atomic E-state index is 12.9. The summed E-state index contributed by atoms with van der Waals surface area (Å²) in [5.41, 5.74) is 5.84. The molecule has 1 amide bonds. The summed E-state index contributed by atoms with van der Waals surface area (Å²) in [6.45, 7) is 4.45.